The fraction of sp³-hybridized carbons (Fsp3) is 0.333. The molecule has 1 saturated heterocycles. The van der Waals surface area contributed by atoms with Crippen LogP contribution >= 0.6 is 0 Å². The standard InChI is InChI=1S/C24H27N3O/c1-2-25-17-18-5-3-6-20(15-18)19-10-13-27(14-11-19)24(28)22-8-9-23-21(16-22)7-4-12-26-23/h3-9,12,15-16,19,25H,2,10-11,13-14,17H2,1H3. The van der Waals surface area contributed by atoms with Crippen LogP contribution in [0.5, 0.6) is 0 Å². The molecule has 1 N–H and O–H groups in total. The molecule has 1 aromatic heterocycles. The lowest BCUT2D eigenvalue weighted by Crippen LogP contribution is -2.37. The molecular formula is C24H27N3O. The molecule has 3 aromatic rings. The van der Waals surface area contributed by atoms with Crippen LogP contribution < -0.4 is 5.32 Å². The third-order valence-corrected chi connectivity index (χ3v) is 5.63. The first-order chi connectivity index (χ1) is 13.7. The van der Waals surface area contributed by atoms with Gasteiger partial charge in [0.25, 0.3) is 5.91 Å². The monoisotopic (exact) mass is 373 g/mol. The van der Waals surface area contributed by atoms with Gasteiger partial charge in [0.15, 0.2) is 0 Å². The smallest absolute Gasteiger partial charge is 0.253 e. The molecule has 1 amide bonds. The molecule has 0 spiro atoms. The van der Waals surface area contributed by atoms with Crippen LogP contribution in [0.3, 0.4) is 0 Å². The number of carbonyl (C=O) groups excluding carboxylic acids is 1. The minimum Gasteiger partial charge on any atom is -0.339 e. The summed E-state index contributed by atoms with van der Waals surface area (Å²) in [6, 6.07) is 18.6. The first kappa shape index (κ1) is 18.6. The van der Waals surface area contributed by atoms with Crippen molar-refractivity contribution < 1.29 is 4.79 Å². The maximum absolute atomic E-state index is 13.0. The molecule has 2 aromatic carbocycles. The number of hydrogen-bond acceptors (Lipinski definition) is 3. The lowest BCUT2D eigenvalue weighted by Gasteiger charge is -2.32. The van der Waals surface area contributed by atoms with Gasteiger partial charge in [0, 0.05) is 36.8 Å². The predicted molar refractivity (Wildman–Crippen MR) is 113 cm³/mol. The van der Waals surface area contributed by atoms with Gasteiger partial charge in [0.2, 0.25) is 0 Å². The molecule has 0 aliphatic carbocycles. The maximum Gasteiger partial charge on any atom is 0.253 e. The first-order valence-electron chi connectivity index (χ1n) is 10.2. The molecule has 0 saturated carbocycles. The Morgan fingerprint density at radius 3 is 2.79 bits per heavy atom. The van der Waals surface area contributed by atoms with Gasteiger partial charge in [-0.15, -0.1) is 0 Å². The minimum atomic E-state index is 0.130. The van der Waals surface area contributed by atoms with E-state index in [2.05, 4.69) is 41.5 Å². The van der Waals surface area contributed by atoms with Crippen molar-refractivity contribution in [2.45, 2.75) is 32.2 Å². The average Bonchev–Trinajstić information content (AvgIpc) is 2.77. The molecule has 1 aliphatic rings. The molecule has 1 fully saturated rings. The number of nitrogens with one attached hydrogen (secondary N) is 1. The third-order valence-electron chi connectivity index (χ3n) is 5.63. The van der Waals surface area contributed by atoms with Gasteiger partial charge in [-0.25, -0.2) is 0 Å². The lowest BCUT2D eigenvalue weighted by molar-refractivity contribution is 0.0713. The van der Waals surface area contributed by atoms with Crippen LogP contribution in [0.2, 0.25) is 0 Å². The predicted octanol–water partition coefficient (Wildman–Crippen LogP) is 4.36. The Morgan fingerprint density at radius 2 is 1.96 bits per heavy atom. The van der Waals surface area contributed by atoms with Crippen molar-refractivity contribution in [2.75, 3.05) is 19.6 Å². The number of likely N-dealkylation sites (tertiary alicyclic amines) is 1. The summed E-state index contributed by atoms with van der Waals surface area (Å²) in [4.78, 5) is 19.3. The van der Waals surface area contributed by atoms with Crippen LogP contribution in [0.15, 0.2) is 60.8 Å². The molecule has 0 unspecified atom stereocenters. The maximum atomic E-state index is 13.0. The number of rotatable bonds is 5. The molecule has 4 heteroatoms. The van der Waals surface area contributed by atoms with E-state index in [0.717, 1.165) is 55.5 Å². The summed E-state index contributed by atoms with van der Waals surface area (Å²) in [5, 5.41) is 4.40. The second-order valence-electron chi connectivity index (χ2n) is 7.50. The summed E-state index contributed by atoms with van der Waals surface area (Å²) in [6.45, 7) is 5.65. The van der Waals surface area contributed by atoms with Crippen LogP contribution in [0.25, 0.3) is 10.9 Å². The third kappa shape index (κ3) is 4.07. The number of hydrogen-bond donors (Lipinski definition) is 1. The molecule has 4 nitrogen and oxygen atoms in total. The van der Waals surface area contributed by atoms with Gasteiger partial charge in [-0.1, -0.05) is 37.3 Å². The number of nitrogens with zero attached hydrogens (tertiary/aromatic N) is 2. The highest BCUT2D eigenvalue weighted by atomic mass is 16.2. The molecule has 1 aliphatic heterocycles. The molecule has 0 bridgehead atoms. The van der Waals surface area contributed by atoms with Crippen molar-refractivity contribution >= 4 is 16.8 Å². The summed E-state index contributed by atoms with van der Waals surface area (Å²) in [7, 11) is 0. The van der Waals surface area contributed by atoms with Crippen molar-refractivity contribution in [2.24, 2.45) is 0 Å². The average molecular weight is 374 g/mol. The van der Waals surface area contributed by atoms with Crippen molar-refractivity contribution in [1.29, 1.82) is 0 Å². The molecule has 2 heterocycles. The highest BCUT2D eigenvalue weighted by molar-refractivity contribution is 5.98. The minimum absolute atomic E-state index is 0.130. The number of pyridine rings is 1. The van der Waals surface area contributed by atoms with E-state index >= 15 is 0 Å². The highest BCUT2D eigenvalue weighted by Crippen LogP contribution is 2.29. The van der Waals surface area contributed by atoms with Crippen LogP contribution in [-0.4, -0.2) is 35.4 Å². The van der Waals surface area contributed by atoms with Crippen molar-refractivity contribution in [3.63, 3.8) is 0 Å². The van der Waals surface area contributed by atoms with Crippen LogP contribution in [0, 0.1) is 0 Å². The van der Waals surface area contributed by atoms with Crippen molar-refractivity contribution in [1.82, 2.24) is 15.2 Å². The number of aromatic nitrogens is 1. The number of carbonyl (C=O) groups is 1. The molecule has 0 radical (unpaired) electrons. The Labute approximate surface area is 166 Å². The van der Waals surface area contributed by atoms with Crippen molar-refractivity contribution in [3.8, 4) is 0 Å². The fourth-order valence-corrected chi connectivity index (χ4v) is 4.03. The number of benzene rings is 2. The summed E-state index contributed by atoms with van der Waals surface area (Å²) in [5.74, 6) is 0.663. The van der Waals surface area contributed by atoms with E-state index in [0.29, 0.717) is 5.92 Å². The summed E-state index contributed by atoms with van der Waals surface area (Å²) in [5.41, 5.74) is 4.42. The summed E-state index contributed by atoms with van der Waals surface area (Å²) >= 11 is 0. The molecule has 28 heavy (non-hydrogen) atoms. The van der Waals surface area contributed by atoms with E-state index < -0.39 is 0 Å². The molecule has 4 rings (SSSR count). The first-order valence-corrected chi connectivity index (χ1v) is 10.2. The zero-order chi connectivity index (χ0) is 19.3. The summed E-state index contributed by atoms with van der Waals surface area (Å²) in [6.07, 6.45) is 3.82. The van der Waals surface area contributed by atoms with Gasteiger partial charge >= 0.3 is 0 Å². The Hall–Kier alpha value is -2.72. The van der Waals surface area contributed by atoms with E-state index in [1.165, 1.54) is 11.1 Å². The van der Waals surface area contributed by atoms with Crippen LogP contribution in [-0.2, 0) is 6.54 Å². The Balaban J connectivity index is 1.41. The second-order valence-corrected chi connectivity index (χ2v) is 7.50. The number of fused-ring (bicyclic) bond motifs is 1. The van der Waals surface area contributed by atoms with Gasteiger partial charge in [-0.05, 0) is 60.7 Å². The van der Waals surface area contributed by atoms with E-state index in [4.69, 9.17) is 0 Å². The Morgan fingerprint density at radius 1 is 1.11 bits per heavy atom. The van der Waals surface area contributed by atoms with Gasteiger partial charge in [0.1, 0.15) is 0 Å². The Bertz CT molecular complexity index is 961. The number of piperidine rings is 1. The van der Waals surface area contributed by atoms with Crippen LogP contribution in [0.1, 0.15) is 47.2 Å². The topological polar surface area (TPSA) is 45.2 Å². The largest absolute Gasteiger partial charge is 0.339 e. The van der Waals surface area contributed by atoms with Gasteiger partial charge in [0.05, 0.1) is 5.52 Å². The molecular weight excluding hydrogens is 346 g/mol. The SMILES string of the molecule is CCNCc1cccc(C2CCN(C(=O)c3ccc4ncccc4c3)CC2)c1. The lowest BCUT2D eigenvalue weighted by atomic mass is 9.88. The second kappa shape index (κ2) is 8.53. The zero-order valence-electron chi connectivity index (χ0n) is 16.4. The highest BCUT2D eigenvalue weighted by Gasteiger charge is 2.24. The van der Waals surface area contributed by atoms with Gasteiger partial charge in [-0.3, -0.25) is 9.78 Å². The number of amides is 1. The van der Waals surface area contributed by atoms with Crippen molar-refractivity contribution in [3.05, 3.63) is 77.5 Å². The van der Waals surface area contributed by atoms with E-state index in [9.17, 15) is 4.79 Å². The van der Waals surface area contributed by atoms with E-state index in [1.54, 1.807) is 6.20 Å². The molecule has 0 atom stereocenters. The quantitative estimate of drug-likeness (QED) is 0.723. The van der Waals surface area contributed by atoms with Gasteiger partial charge < -0.3 is 10.2 Å². The zero-order valence-corrected chi connectivity index (χ0v) is 16.4. The van der Waals surface area contributed by atoms with Crippen LogP contribution in [0.4, 0.5) is 0 Å². The van der Waals surface area contributed by atoms with E-state index in [-0.39, 0.29) is 5.91 Å². The van der Waals surface area contributed by atoms with E-state index in [1.807, 2.05) is 35.2 Å². The molecule has 144 valence electrons. The summed E-state index contributed by atoms with van der Waals surface area (Å²) < 4.78 is 0. The van der Waals surface area contributed by atoms with Gasteiger partial charge in [-0.2, -0.15) is 0 Å². The normalized spacial score (nSPS) is 15.1. The fourth-order valence-electron chi connectivity index (χ4n) is 4.03. The Kier molecular flexibility index (Phi) is 5.68.